The van der Waals surface area contributed by atoms with Gasteiger partial charge in [0, 0.05) is 44.0 Å². The van der Waals surface area contributed by atoms with Gasteiger partial charge in [0.2, 0.25) is 5.88 Å². The molecule has 50 heavy (non-hydrogen) atoms. The molecule has 6 rings (SSSR count). The summed E-state index contributed by atoms with van der Waals surface area (Å²) in [7, 11) is -3.27. The van der Waals surface area contributed by atoms with E-state index in [4.69, 9.17) is 9.47 Å². The normalized spacial score (nSPS) is 20.3. The Morgan fingerprint density at radius 3 is 2.38 bits per heavy atom. The van der Waals surface area contributed by atoms with Crippen molar-refractivity contribution in [3.05, 3.63) is 77.2 Å². The quantitative estimate of drug-likeness (QED) is 0.352. The van der Waals surface area contributed by atoms with Crippen molar-refractivity contribution in [1.29, 1.82) is 5.26 Å². The maximum atomic E-state index is 15.6. The van der Waals surface area contributed by atoms with Crippen LogP contribution in [0.3, 0.4) is 0 Å². The van der Waals surface area contributed by atoms with Crippen molar-refractivity contribution in [3.8, 4) is 17.7 Å². The van der Waals surface area contributed by atoms with E-state index in [0.29, 0.717) is 42.3 Å². The molecule has 3 aliphatic heterocycles. The lowest BCUT2D eigenvalue weighted by atomic mass is 9.83. The third kappa shape index (κ3) is 6.12. The van der Waals surface area contributed by atoms with Gasteiger partial charge in [0.15, 0.2) is 5.54 Å². The number of likely N-dealkylation sites (tertiary alicyclic amines) is 1. The molecule has 0 aliphatic carbocycles. The Hall–Kier alpha value is -4.78. The van der Waals surface area contributed by atoms with Crippen LogP contribution in [0.2, 0.25) is 0 Å². The summed E-state index contributed by atoms with van der Waals surface area (Å²) in [5, 5.41) is 12.6. The second-order valence-electron chi connectivity index (χ2n) is 12.4. The summed E-state index contributed by atoms with van der Waals surface area (Å²) < 4.78 is 55.8. The minimum atomic E-state index is -4.69. The molecule has 4 heterocycles. The predicted molar refractivity (Wildman–Crippen MR) is 182 cm³/mol. The molecule has 3 aromatic rings. The molecule has 0 bridgehead atoms. The Morgan fingerprint density at radius 2 is 1.76 bits per heavy atom. The lowest BCUT2D eigenvalue weighted by molar-refractivity contribution is -0.121. The second-order valence-corrected chi connectivity index (χ2v) is 14.2. The summed E-state index contributed by atoms with van der Waals surface area (Å²) in [5.41, 5.74) is -3.23. The van der Waals surface area contributed by atoms with Gasteiger partial charge in [-0.1, -0.05) is 6.92 Å². The molecule has 2 saturated heterocycles. The van der Waals surface area contributed by atoms with Crippen molar-refractivity contribution in [1.82, 2.24) is 25.0 Å². The first kappa shape index (κ1) is 35.1. The van der Waals surface area contributed by atoms with Crippen LogP contribution in [0, 0.1) is 17.1 Å². The number of carbonyl (C=O) groups excluding carboxylic acids is 2. The molecule has 1 aromatic heterocycles. The molecule has 1 atom stereocenters. The summed E-state index contributed by atoms with van der Waals surface area (Å²) in [4.78, 5) is 39.7. The standard InChI is InChI=1S/C35H40FN7O6S/c1-4-40-15-12-25(13-16-40)41-17-19-42(20-18-41)34(45)39-35(28-7-6-14-38-32(28)49-5-2)29-22-30(36)24(23-37)21-31(29)43(33(35)44)50(46,47)27-10-8-26(48-3)9-11-27/h6-11,14,21-22,25H,4-5,12-13,15-20H2,1-3H3,(H,39,45). The minimum absolute atomic E-state index is 0.0132. The van der Waals surface area contributed by atoms with Gasteiger partial charge < -0.3 is 24.6 Å². The lowest BCUT2D eigenvalue weighted by Gasteiger charge is -2.43. The van der Waals surface area contributed by atoms with Crippen LogP contribution >= 0.6 is 0 Å². The highest BCUT2D eigenvalue weighted by molar-refractivity contribution is 7.93. The van der Waals surface area contributed by atoms with Gasteiger partial charge >= 0.3 is 6.03 Å². The number of rotatable bonds is 9. The Kier molecular flexibility index (Phi) is 9.97. The van der Waals surface area contributed by atoms with Crippen molar-refractivity contribution in [3.63, 3.8) is 0 Å². The Bertz CT molecular complexity index is 1910. The number of amides is 3. The third-order valence-corrected chi connectivity index (χ3v) is 11.5. The zero-order valence-electron chi connectivity index (χ0n) is 28.3. The number of anilines is 1. The van der Waals surface area contributed by atoms with Gasteiger partial charge in [-0.3, -0.25) is 9.69 Å². The highest BCUT2D eigenvalue weighted by Gasteiger charge is 2.59. The second kappa shape index (κ2) is 14.2. The van der Waals surface area contributed by atoms with Gasteiger partial charge in [-0.25, -0.2) is 22.6 Å². The van der Waals surface area contributed by atoms with E-state index in [9.17, 15) is 18.5 Å². The van der Waals surface area contributed by atoms with E-state index in [2.05, 4.69) is 27.0 Å². The number of nitriles is 1. The van der Waals surface area contributed by atoms with E-state index in [1.165, 1.54) is 49.7 Å². The van der Waals surface area contributed by atoms with E-state index in [0.717, 1.165) is 44.6 Å². The highest BCUT2D eigenvalue weighted by Crippen LogP contribution is 2.49. The summed E-state index contributed by atoms with van der Waals surface area (Å²) in [6, 6.07) is 11.8. The number of urea groups is 1. The van der Waals surface area contributed by atoms with Crippen LogP contribution in [0.25, 0.3) is 0 Å². The number of piperidine rings is 1. The fourth-order valence-electron chi connectivity index (χ4n) is 7.09. The number of aromatic nitrogens is 1. The molecular formula is C35H40FN7O6S. The van der Waals surface area contributed by atoms with E-state index in [-0.39, 0.29) is 34.2 Å². The molecule has 0 saturated carbocycles. The number of nitrogens with zero attached hydrogens (tertiary/aromatic N) is 6. The fraction of sp³-hybridized carbons (Fsp3) is 0.429. The first-order valence-electron chi connectivity index (χ1n) is 16.7. The monoisotopic (exact) mass is 705 g/mol. The van der Waals surface area contributed by atoms with Crippen LogP contribution in [0.4, 0.5) is 14.9 Å². The maximum absolute atomic E-state index is 15.6. The number of ether oxygens (including phenoxy) is 2. The van der Waals surface area contributed by atoms with Crippen molar-refractivity contribution in [2.75, 3.05) is 63.8 Å². The summed E-state index contributed by atoms with van der Waals surface area (Å²) in [6.07, 6.45) is 3.52. The van der Waals surface area contributed by atoms with E-state index >= 15 is 9.18 Å². The number of hydrogen-bond acceptors (Lipinski definition) is 10. The molecule has 3 amide bonds. The van der Waals surface area contributed by atoms with Gasteiger partial charge in [-0.05, 0) is 87.9 Å². The number of sulfonamides is 1. The molecule has 1 unspecified atom stereocenters. The number of fused-ring (bicyclic) bond motifs is 1. The van der Waals surface area contributed by atoms with Crippen molar-refractivity contribution in [2.45, 2.75) is 43.2 Å². The largest absolute Gasteiger partial charge is 0.497 e. The zero-order chi connectivity index (χ0) is 35.6. The summed E-state index contributed by atoms with van der Waals surface area (Å²) in [6.45, 7) is 9.03. The minimum Gasteiger partial charge on any atom is -0.497 e. The number of hydrogen-bond donors (Lipinski definition) is 1. The van der Waals surface area contributed by atoms with Crippen LogP contribution in [-0.2, 0) is 20.4 Å². The molecule has 1 N–H and O–H groups in total. The zero-order valence-corrected chi connectivity index (χ0v) is 29.1. The lowest BCUT2D eigenvalue weighted by Crippen LogP contribution is -2.61. The molecule has 0 spiro atoms. The number of benzene rings is 2. The van der Waals surface area contributed by atoms with E-state index in [1.54, 1.807) is 17.9 Å². The summed E-state index contributed by atoms with van der Waals surface area (Å²) >= 11 is 0. The molecule has 13 nitrogen and oxygen atoms in total. The van der Waals surface area contributed by atoms with Crippen LogP contribution in [0.5, 0.6) is 11.6 Å². The average molecular weight is 706 g/mol. The fourth-order valence-corrected chi connectivity index (χ4v) is 8.55. The molecule has 0 radical (unpaired) electrons. The Labute approximate surface area is 291 Å². The molecule has 2 fully saturated rings. The van der Waals surface area contributed by atoms with Crippen LogP contribution in [-0.4, -0.2) is 106 Å². The van der Waals surface area contributed by atoms with Crippen molar-refractivity contribution < 1.29 is 31.9 Å². The van der Waals surface area contributed by atoms with Gasteiger partial charge in [-0.2, -0.15) is 9.57 Å². The Morgan fingerprint density at radius 1 is 1.06 bits per heavy atom. The van der Waals surface area contributed by atoms with E-state index in [1.807, 2.05) is 0 Å². The van der Waals surface area contributed by atoms with Crippen LogP contribution < -0.4 is 19.1 Å². The summed E-state index contributed by atoms with van der Waals surface area (Å²) in [5.74, 6) is -1.77. The first-order chi connectivity index (χ1) is 24.1. The number of halogens is 1. The van der Waals surface area contributed by atoms with Gasteiger partial charge in [-0.15, -0.1) is 0 Å². The smallest absolute Gasteiger partial charge is 0.318 e. The Balaban J connectivity index is 1.42. The van der Waals surface area contributed by atoms with Crippen molar-refractivity contribution in [2.24, 2.45) is 0 Å². The molecule has 2 aromatic carbocycles. The van der Waals surface area contributed by atoms with Crippen molar-refractivity contribution >= 4 is 27.6 Å². The topological polar surface area (TPSA) is 148 Å². The van der Waals surface area contributed by atoms with Gasteiger partial charge in [0.1, 0.15) is 17.6 Å². The average Bonchev–Trinajstić information content (AvgIpc) is 3.38. The number of nitrogens with one attached hydrogen (secondary N) is 1. The van der Waals surface area contributed by atoms with Crippen LogP contribution in [0.15, 0.2) is 59.6 Å². The number of pyridine rings is 1. The van der Waals surface area contributed by atoms with E-state index < -0.39 is 38.9 Å². The number of carbonyl (C=O) groups is 2. The number of piperazine rings is 1. The molecule has 264 valence electrons. The number of methoxy groups -OCH3 is 1. The maximum Gasteiger partial charge on any atom is 0.318 e. The molecule has 3 aliphatic rings. The van der Waals surface area contributed by atoms with Gasteiger partial charge in [0.25, 0.3) is 15.9 Å². The van der Waals surface area contributed by atoms with Crippen LogP contribution in [0.1, 0.15) is 43.4 Å². The SMILES string of the molecule is CCOc1ncccc1C1(NC(=O)N2CCN(C3CCN(CC)CC3)CC2)C(=O)N(S(=O)(=O)c2ccc(OC)cc2)c2cc(C#N)c(F)cc21. The first-order valence-corrected chi connectivity index (χ1v) is 18.1. The predicted octanol–water partition coefficient (Wildman–Crippen LogP) is 3.29. The third-order valence-electron chi connectivity index (χ3n) is 9.80. The van der Waals surface area contributed by atoms with Gasteiger partial charge in [0.05, 0.1) is 35.4 Å². The molecule has 15 heteroatoms. The molecular weight excluding hydrogens is 665 g/mol. The highest BCUT2D eigenvalue weighted by atomic mass is 32.2.